The predicted octanol–water partition coefficient (Wildman–Crippen LogP) is 3.76. The van der Waals surface area contributed by atoms with Gasteiger partial charge in [-0.2, -0.15) is 0 Å². The minimum Gasteiger partial charge on any atom is -0.293 e. The van der Waals surface area contributed by atoms with E-state index in [1.807, 2.05) is 0 Å². The van der Waals surface area contributed by atoms with E-state index in [0.29, 0.717) is 5.02 Å². The molecule has 0 amide bonds. The third kappa shape index (κ3) is 3.69. The maximum atomic E-state index is 12.1. The molecule has 0 bridgehead atoms. The van der Waals surface area contributed by atoms with Crippen LogP contribution in [0.25, 0.3) is 0 Å². The van der Waals surface area contributed by atoms with Gasteiger partial charge in [-0.15, -0.1) is 0 Å². The predicted molar refractivity (Wildman–Crippen MR) is 82.0 cm³/mol. The Kier molecular flexibility index (Phi) is 4.62. The van der Waals surface area contributed by atoms with E-state index in [1.54, 1.807) is 30.3 Å². The molecule has 2 aromatic carbocycles. The Hall–Kier alpha value is -1.17. The zero-order valence-electron chi connectivity index (χ0n) is 10.2. The van der Waals surface area contributed by atoms with Crippen LogP contribution in [0.1, 0.15) is 10.4 Å². The summed E-state index contributed by atoms with van der Waals surface area (Å²) in [4.78, 5) is 12.1. The van der Waals surface area contributed by atoms with Crippen molar-refractivity contribution in [1.82, 2.24) is 0 Å². The van der Waals surface area contributed by atoms with Crippen LogP contribution in [0.3, 0.4) is 0 Å². The van der Waals surface area contributed by atoms with E-state index in [2.05, 4.69) is 15.9 Å². The molecule has 104 valence electrons. The van der Waals surface area contributed by atoms with Crippen molar-refractivity contribution in [1.29, 1.82) is 0 Å². The third-order valence-corrected chi connectivity index (χ3v) is 5.04. The molecular weight excluding hydrogens is 364 g/mol. The number of hydrogen-bond acceptors (Lipinski definition) is 3. The molecule has 0 radical (unpaired) electrons. The molecule has 0 saturated carbocycles. The van der Waals surface area contributed by atoms with Gasteiger partial charge in [0.15, 0.2) is 15.6 Å². The van der Waals surface area contributed by atoms with Gasteiger partial charge in [0.05, 0.1) is 4.90 Å². The molecule has 0 heterocycles. The number of carbonyl (C=O) groups excluding carboxylic acids is 1. The van der Waals surface area contributed by atoms with Crippen LogP contribution in [0.15, 0.2) is 57.9 Å². The second-order valence-corrected chi connectivity index (χ2v) is 7.49. The maximum Gasteiger partial charge on any atom is 0.185 e. The fourth-order valence-electron chi connectivity index (χ4n) is 1.64. The lowest BCUT2D eigenvalue weighted by molar-refractivity contribution is 0.102. The molecule has 0 spiro atoms. The molecule has 2 aromatic rings. The summed E-state index contributed by atoms with van der Waals surface area (Å²) in [5.74, 6) is -1.05. The molecule has 0 aliphatic rings. The zero-order valence-corrected chi connectivity index (χ0v) is 13.4. The molecule has 0 atom stereocenters. The van der Waals surface area contributed by atoms with Crippen molar-refractivity contribution in [2.24, 2.45) is 0 Å². The number of rotatable bonds is 4. The molecular formula is C14H10BrClO3S. The lowest BCUT2D eigenvalue weighted by Crippen LogP contribution is -2.16. The van der Waals surface area contributed by atoms with Gasteiger partial charge < -0.3 is 0 Å². The Morgan fingerprint density at radius 2 is 1.75 bits per heavy atom. The van der Waals surface area contributed by atoms with Crippen molar-refractivity contribution in [2.75, 3.05) is 5.75 Å². The molecule has 2 rings (SSSR count). The average Bonchev–Trinajstić information content (AvgIpc) is 2.38. The zero-order chi connectivity index (χ0) is 14.8. The number of halogens is 2. The van der Waals surface area contributed by atoms with Crippen LogP contribution in [0.2, 0.25) is 5.02 Å². The first-order chi connectivity index (χ1) is 9.38. The largest absolute Gasteiger partial charge is 0.293 e. The fraction of sp³-hybridized carbons (Fsp3) is 0.0714. The van der Waals surface area contributed by atoms with Crippen LogP contribution >= 0.6 is 27.5 Å². The van der Waals surface area contributed by atoms with Gasteiger partial charge in [-0.1, -0.05) is 39.7 Å². The lowest BCUT2D eigenvalue weighted by atomic mass is 10.1. The number of carbonyl (C=O) groups is 1. The molecule has 0 aliphatic carbocycles. The van der Waals surface area contributed by atoms with Gasteiger partial charge >= 0.3 is 0 Å². The highest BCUT2D eigenvalue weighted by molar-refractivity contribution is 9.10. The highest BCUT2D eigenvalue weighted by Crippen LogP contribution is 2.18. The van der Waals surface area contributed by atoms with Crippen LogP contribution in [0, 0.1) is 0 Å². The number of benzene rings is 2. The van der Waals surface area contributed by atoms with Gasteiger partial charge in [0.25, 0.3) is 0 Å². The molecule has 20 heavy (non-hydrogen) atoms. The summed E-state index contributed by atoms with van der Waals surface area (Å²) in [6.45, 7) is 0. The van der Waals surface area contributed by atoms with Gasteiger partial charge in [0, 0.05) is 15.1 Å². The van der Waals surface area contributed by atoms with Crippen LogP contribution in [-0.2, 0) is 9.84 Å². The first-order valence-corrected chi connectivity index (χ1v) is 8.48. The number of Topliss-reactive ketones (excluding diaryl/α,β-unsaturated/α-hetero) is 1. The van der Waals surface area contributed by atoms with Crippen molar-refractivity contribution >= 4 is 43.2 Å². The number of hydrogen-bond donors (Lipinski definition) is 0. The summed E-state index contributed by atoms with van der Waals surface area (Å²) >= 11 is 9.02. The highest BCUT2D eigenvalue weighted by Gasteiger charge is 2.20. The first-order valence-electron chi connectivity index (χ1n) is 5.65. The van der Waals surface area contributed by atoms with E-state index in [-0.39, 0.29) is 10.5 Å². The van der Waals surface area contributed by atoms with E-state index in [1.165, 1.54) is 18.2 Å². The van der Waals surface area contributed by atoms with Crippen molar-refractivity contribution in [3.05, 3.63) is 63.6 Å². The van der Waals surface area contributed by atoms with E-state index in [9.17, 15) is 13.2 Å². The Labute approximate surface area is 130 Å². The smallest absolute Gasteiger partial charge is 0.185 e. The summed E-state index contributed by atoms with van der Waals surface area (Å²) in [5.41, 5.74) is 0.290. The van der Waals surface area contributed by atoms with E-state index in [4.69, 9.17) is 11.6 Å². The van der Waals surface area contributed by atoms with Gasteiger partial charge in [0.1, 0.15) is 5.75 Å². The highest BCUT2D eigenvalue weighted by atomic mass is 79.9. The molecule has 0 unspecified atom stereocenters. The summed E-state index contributed by atoms with van der Waals surface area (Å²) < 4.78 is 25.1. The minimum atomic E-state index is -3.65. The van der Waals surface area contributed by atoms with Crippen molar-refractivity contribution in [3.63, 3.8) is 0 Å². The van der Waals surface area contributed by atoms with E-state index < -0.39 is 21.4 Å². The monoisotopic (exact) mass is 372 g/mol. The van der Waals surface area contributed by atoms with Crippen molar-refractivity contribution in [2.45, 2.75) is 4.90 Å². The van der Waals surface area contributed by atoms with Crippen LogP contribution in [0.4, 0.5) is 0 Å². The normalized spacial score (nSPS) is 11.3. The van der Waals surface area contributed by atoms with Gasteiger partial charge in [-0.05, 0) is 36.4 Å². The van der Waals surface area contributed by atoms with Gasteiger partial charge in [-0.3, -0.25) is 4.79 Å². The number of sulfone groups is 1. The first kappa shape index (κ1) is 15.2. The quantitative estimate of drug-likeness (QED) is 0.767. The fourth-order valence-corrected chi connectivity index (χ4v) is 3.33. The molecule has 0 aliphatic heterocycles. The second-order valence-electron chi connectivity index (χ2n) is 4.15. The molecule has 6 heteroatoms. The molecule has 0 aromatic heterocycles. The average molecular weight is 374 g/mol. The summed E-state index contributed by atoms with van der Waals surface area (Å²) in [6, 6.07) is 12.4. The van der Waals surface area contributed by atoms with Crippen molar-refractivity contribution in [3.8, 4) is 0 Å². The Bertz CT molecular complexity index is 739. The Balaban J connectivity index is 2.24. The van der Waals surface area contributed by atoms with Gasteiger partial charge in [0.2, 0.25) is 0 Å². The summed E-state index contributed by atoms with van der Waals surface area (Å²) in [7, 11) is -3.65. The second kappa shape index (κ2) is 6.08. The van der Waals surface area contributed by atoms with E-state index in [0.717, 1.165) is 4.47 Å². The van der Waals surface area contributed by atoms with Gasteiger partial charge in [-0.25, -0.2) is 8.42 Å². The van der Waals surface area contributed by atoms with Crippen LogP contribution < -0.4 is 0 Å². The molecule has 0 saturated heterocycles. The molecule has 0 fully saturated rings. The van der Waals surface area contributed by atoms with Crippen molar-refractivity contribution < 1.29 is 13.2 Å². The van der Waals surface area contributed by atoms with Crippen LogP contribution in [0.5, 0.6) is 0 Å². The summed E-state index contributed by atoms with van der Waals surface area (Å²) in [5, 5.41) is 0.400. The molecule has 3 nitrogen and oxygen atoms in total. The molecule has 0 N–H and O–H groups in total. The Morgan fingerprint density at radius 1 is 1.10 bits per heavy atom. The minimum absolute atomic E-state index is 0.121. The summed E-state index contributed by atoms with van der Waals surface area (Å²) in [6.07, 6.45) is 0. The SMILES string of the molecule is O=C(CS(=O)(=O)c1ccc(Br)cc1)c1cccc(Cl)c1. The lowest BCUT2D eigenvalue weighted by Gasteiger charge is -2.04. The maximum absolute atomic E-state index is 12.1. The third-order valence-electron chi connectivity index (χ3n) is 2.64. The standard InChI is InChI=1S/C14H10BrClO3S/c15-11-4-6-13(7-5-11)20(18,19)9-14(17)10-2-1-3-12(16)8-10/h1-8H,9H2. The van der Waals surface area contributed by atoms with E-state index >= 15 is 0 Å². The van der Waals surface area contributed by atoms with Crippen LogP contribution in [-0.4, -0.2) is 20.0 Å². The Morgan fingerprint density at radius 3 is 2.35 bits per heavy atom. The number of ketones is 1. The topological polar surface area (TPSA) is 51.2 Å².